The van der Waals surface area contributed by atoms with Crippen molar-refractivity contribution in [1.29, 1.82) is 0 Å². The van der Waals surface area contributed by atoms with Crippen molar-refractivity contribution in [2.45, 2.75) is 46.6 Å². The van der Waals surface area contributed by atoms with Crippen LogP contribution in [0.4, 0.5) is 0 Å². The first-order valence-corrected chi connectivity index (χ1v) is 4.71. The average molecular weight is 169 g/mol. The van der Waals surface area contributed by atoms with Crippen LogP contribution in [-0.4, -0.2) is 11.9 Å². The summed E-state index contributed by atoms with van der Waals surface area (Å²) in [5.74, 6) is 0.576. The average Bonchev–Trinajstić information content (AvgIpc) is 2.65. The van der Waals surface area contributed by atoms with E-state index in [0.29, 0.717) is 5.92 Å². The van der Waals surface area contributed by atoms with Crippen molar-refractivity contribution in [1.82, 2.24) is 5.32 Å². The first-order valence-electron chi connectivity index (χ1n) is 4.71. The number of rotatable bonds is 2. The van der Waals surface area contributed by atoms with Crippen LogP contribution in [0.25, 0.3) is 0 Å². The third kappa shape index (κ3) is 2.50. The van der Waals surface area contributed by atoms with Gasteiger partial charge in [-0.2, -0.15) is 0 Å². The Kier molecular flexibility index (Phi) is 2.45. The molecule has 0 aromatic carbocycles. The second kappa shape index (κ2) is 3.08. The highest BCUT2D eigenvalue weighted by atomic mass is 16.2. The van der Waals surface area contributed by atoms with Crippen molar-refractivity contribution in [3.05, 3.63) is 0 Å². The smallest absolute Gasteiger partial charge is 0.223 e. The largest absolute Gasteiger partial charge is 0.353 e. The predicted molar refractivity (Wildman–Crippen MR) is 49.8 cm³/mol. The Morgan fingerprint density at radius 1 is 1.42 bits per heavy atom. The number of amides is 1. The van der Waals surface area contributed by atoms with Crippen molar-refractivity contribution in [2.24, 2.45) is 11.3 Å². The van der Waals surface area contributed by atoms with E-state index in [9.17, 15) is 4.79 Å². The van der Waals surface area contributed by atoms with Crippen LogP contribution in [0.5, 0.6) is 0 Å². The first-order chi connectivity index (χ1) is 5.41. The quantitative estimate of drug-likeness (QED) is 0.672. The van der Waals surface area contributed by atoms with Gasteiger partial charge in [0.25, 0.3) is 0 Å². The van der Waals surface area contributed by atoms with Crippen LogP contribution < -0.4 is 5.32 Å². The fourth-order valence-corrected chi connectivity index (χ4v) is 0.893. The molecular weight excluding hydrogens is 150 g/mol. The van der Waals surface area contributed by atoms with Crippen molar-refractivity contribution >= 4 is 5.91 Å². The molecule has 0 saturated heterocycles. The summed E-state index contributed by atoms with van der Waals surface area (Å²) in [6.45, 7) is 8.50. The van der Waals surface area contributed by atoms with E-state index in [-0.39, 0.29) is 17.4 Å². The summed E-state index contributed by atoms with van der Waals surface area (Å²) < 4.78 is 0. The molecule has 2 heteroatoms. The lowest BCUT2D eigenvalue weighted by atomic mass is 9.88. The number of hydrogen-bond donors (Lipinski definition) is 1. The Hall–Kier alpha value is -0.530. The third-order valence-corrected chi connectivity index (χ3v) is 2.61. The molecule has 0 aromatic rings. The SMILES string of the molecule is C[C@H](NC(=O)C1CC1)C(C)(C)C. The molecule has 12 heavy (non-hydrogen) atoms. The van der Waals surface area contributed by atoms with E-state index in [4.69, 9.17) is 0 Å². The molecule has 1 rings (SSSR count). The predicted octanol–water partition coefficient (Wildman–Crippen LogP) is 1.95. The van der Waals surface area contributed by atoms with Crippen LogP contribution in [0.1, 0.15) is 40.5 Å². The lowest BCUT2D eigenvalue weighted by Crippen LogP contribution is -2.42. The molecule has 1 amide bonds. The molecule has 1 atom stereocenters. The molecule has 2 nitrogen and oxygen atoms in total. The lowest BCUT2D eigenvalue weighted by Gasteiger charge is -2.28. The number of hydrogen-bond acceptors (Lipinski definition) is 1. The molecule has 0 unspecified atom stereocenters. The Morgan fingerprint density at radius 3 is 2.25 bits per heavy atom. The molecule has 0 spiro atoms. The first kappa shape index (κ1) is 9.56. The number of carbonyl (C=O) groups is 1. The fourth-order valence-electron chi connectivity index (χ4n) is 0.893. The lowest BCUT2D eigenvalue weighted by molar-refractivity contribution is -0.123. The van der Waals surface area contributed by atoms with Crippen LogP contribution in [-0.2, 0) is 4.79 Å². The van der Waals surface area contributed by atoms with Gasteiger partial charge in [0, 0.05) is 12.0 Å². The molecule has 0 bridgehead atoms. The molecule has 70 valence electrons. The maximum absolute atomic E-state index is 11.4. The maximum Gasteiger partial charge on any atom is 0.223 e. The van der Waals surface area contributed by atoms with E-state index in [1.165, 1.54) is 0 Å². The minimum Gasteiger partial charge on any atom is -0.353 e. The zero-order valence-corrected chi connectivity index (χ0v) is 8.48. The normalized spacial score (nSPS) is 20.3. The number of nitrogens with one attached hydrogen (secondary N) is 1. The van der Waals surface area contributed by atoms with Crippen LogP contribution in [0.3, 0.4) is 0 Å². The highest BCUT2D eigenvalue weighted by Gasteiger charge is 2.32. The summed E-state index contributed by atoms with van der Waals surface area (Å²) in [5, 5.41) is 3.04. The van der Waals surface area contributed by atoms with Crippen LogP contribution in [0.15, 0.2) is 0 Å². The molecule has 0 radical (unpaired) electrons. The maximum atomic E-state index is 11.4. The van der Waals surface area contributed by atoms with Crippen molar-refractivity contribution in [3.8, 4) is 0 Å². The highest BCUT2D eigenvalue weighted by molar-refractivity contribution is 5.81. The van der Waals surface area contributed by atoms with Crippen molar-refractivity contribution < 1.29 is 4.79 Å². The topological polar surface area (TPSA) is 29.1 Å². The molecule has 1 saturated carbocycles. The van der Waals surface area contributed by atoms with E-state index in [0.717, 1.165) is 12.8 Å². The van der Waals surface area contributed by atoms with Gasteiger partial charge < -0.3 is 5.32 Å². The Labute approximate surface area is 74.7 Å². The van der Waals surface area contributed by atoms with Crippen LogP contribution >= 0.6 is 0 Å². The summed E-state index contributed by atoms with van der Waals surface area (Å²) in [6.07, 6.45) is 2.17. The van der Waals surface area contributed by atoms with Gasteiger partial charge in [0.2, 0.25) is 5.91 Å². The minimum absolute atomic E-state index is 0.171. The van der Waals surface area contributed by atoms with E-state index < -0.39 is 0 Å². The van der Waals surface area contributed by atoms with E-state index >= 15 is 0 Å². The van der Waals surface area contributed by atoms with Gasteiger partial charge in [-0.1, -0.05) is 20.8 Å². The molecular formula is C10H19NO. The van der Waals surface area contributed by atoms with Crippen molar-refractivity contribution in [3.63, 3.8) is 0 Å². The monoisotopic (exact) mass is 169 g/mol. The van der Waals surface area contributed by atoms with Gasteiger partial charge in [0.05, 0.1) is 0 Å². The standard InChI is InChI=1S/C10H19NO/c1-7(10(2,3)4)11-9(12)8-5-6-8/h7-8H,5-6H2,1-4H3,(H,11,12)/t7-/m0/s1. The third-order valence-electron chi connectivity index (χ3n) is 2.61. The molecule has 1 fully saturated rings. The minimum atomic E-state index is 0.171. The Bertz CT molecular complexity index is 177. The van der Waals surface area contributed by atoms with Gasteiger partial charge >= 0.3 is 0 Å². The van der Waals surface area contributed by atoms with Crippen LogP contribution in [0, 0.1) is 11.3 Å². The van der Waals surface area contributed by atoms with Gasteiger partial charge in [-0.05, 0) is 25.2 Å². The zero-order valence-electron chi connectivity index (χ0n) is 8.48. The summed E-state index contributed by atoms with van der Waals surface area (Å²) in [4.78, 5) is 11.4. The zero-order chi connectivity index (χ0) is 9.35. The van der Waals surface area contributed by atoms with E-state index in [1.54, 1.807) is 0 Å². The summed E-state index contributed by atoms with van der Waals surface area (Å²) in [5.41, 5.74) is 0.171. The van der Waals surface area contributed by atoms with Gasteiger partial charge in [-0.3, -0.25) is 4.79 Å². The Morgan fingerprint density at radius 2 is 1.92 bits per heavy atom. The highest BCUT2D eigenvalue weighted by Crippen LogP contribution is 2.29. The molecule has 0 heterocycles. The van der Waals surface area contributed by atoms with Gasteiger partial charge in [0.1, 0.15) is 0 Å². The molecule has 1 aliphatic carbocycles. The van der Waals surface area contributed by atoms with Crippen LogP contribution in [0.2, 0.25) is 0 Å². The summed E-state index contributed by atoms with van der Waals surface area (Å²) in [6, 6.07) is 0.269. The van der Waals surface area contributed by atoms with Gasteiger partial charge in [-0.25, -0.2) is 0 Å². The van der Waals surface area contributed by atoms with E-state index in [2.05, 4.69) is 33.0 Å². The van der Waals surface area contributed by atoms with Gasteiger partial charge in [-0.15, -0.1) is 0 Å². The molecule has 0 aromatic heterocycles. The number of carbonyl (C=O) groups excluding carboxylic acids is 1. The second-order valence-corrected chi connectivity index (χ2v) is 4.87. The molecule has 1 N–H and O–H groups in total. The summed E-state index contributed by atoms with van der Waals surface area (Å²) >= 11 is 0. The Balaban J connectivity index is 2.34. The van der Waals surface area contributed by atoms with Crippen molar-refractivity contribution in [2.75, 3.05) is 0 Å². The summed E-state index contributed by atoms with van der Waals surface area (Å²) in [7, 11) is 0. The van der Waals surface area contributed by atoms with Gasteiger partial charge in [0.15, 0.2) is 0 Å². The molecule has 0 aliphatic heterocycles. The molecule has 1 aliphatic rings. The fraction of sp³-hybridized carbons (Fsp3) is 0.900. The second-order valence-electron chi connectivity index (χ2n) is 4.87. The van der Waals surface area contributed by atoms with E-state index in [1.807, 2.05) is 0 Å².